The van der Waals surface area contributed by atoms with E-state index in [2.05, 4.69) is 5.10 Å². The zero-order valence-corrected chi connectivity index (χ0v) is 12.3. The van der Waals surface area contributed by atoms with Gasteiger partial charge in [-0.25, -0.2) is 4.68 Å². The third-order valence-electron chi connectivity index (χ3n) is 3.66. The molecule has 1 unspecified atom stereocenters. The Balaban J connectivity index is 2.31. The SMILES string of the molecule is CCOC1CCCN(c2c([N+](=O)[O-])c(CC)nn2C)C1. The number of aromatic nitrogens is 2. The predicted octanol–water partition coefficient (Wildman–Crippen LogP) is 1.90. The van der Waals surface area contributed by atoms with Crippen molar-refractivity contribution in [3.63, 3.8) is 0 Å². The highest BCUT2D eigenvalue weighted by Gasteiger charge is 2.32. The standard InChI is InChI=1S/C13H22N4O3/c1-4-11-12(17(18)19)13(15(3)14-11)16-8-6-7-10(9-16)20-5-2/h10H,4-9H2,1-3H3. The van der Waals surface area contributed by atoms with Gasteiger partial charge in [0.2, 0.25) is 5.82 Å². The molecule has 20 heavy (non-hydrogen) atoms. The van der Waals surface area contributed by atoms with E-state index in [4.69, 9.17) is 4.74 Å². The van der Waals surface area contributed by atoms with Crippen molar-refractivity contribution in [2.45, 2.75) is 39.2 Å². The first-order valence-corrected chi connectivity index (χ1v) is 7.15. The van der Waals surface area contributed by atoms with E-state index in [0.717, 1.165) is 19.4 Å². The normalized spacial score (nSPS) is 19.4. The minimum Gasteiger partial charge on any atom is -0.377 e. The highest BCUT2D eigenvalue weighted by molar-refractivity contribution is 5.62. The molecule has 1 saturated heterocycles. The lowest BCUT2D eigenvalue weighted by Crippen LogP contribution is -2.40. The van der Waals surface area contributed by atoms with Crippen LogP contribution in [-0.4, -0.2) is 40.5 Å². The van der Waals surface area contributed by atoms with Crippen LogP contribution in [-0.2, 0) is 18.2 Å². The number of nitro groups is 1. The Hall–Kier alpha value is -1.63. The summed E-state index contributed by atoms with van der Waals surface area (Å²) >= 11 is 0. The number of piperidine rings is 1. The first-order valence-electron chi connectivity index (χ1n) is 7.15. The molecule has 0 aromatic carbocycles. The number of anilines is 1. The van der Waals surface area contributed by atoms with Crippen molar-refractivity contribution in [1.29, 1.82) is 0 Å². The molecular weight excluding hydrogens is 260 g/mol. The smallest absolute Gasteiger partial charge is 0.334 e. The molecule has 2 heterocycles. The van der Waals surface area contributed by atoms with Crippen LogP contribution in [0.15, 0.2) is 0 Å². The lowest BCUT2D eigenvalue weighted by molar-refractivity contribution is -0.384. The number of hydrogen-bond donors (Lipinski definition) is 0. The van der Waals surface area contributed by atoms with E-state index in [1.165, 1.54) is 0 Å². The summed E-state index contributed by atoms with van der Waals surface area (Å²) in [5.41, 5.74) is 0.693. The fourth-order valence-electron chi connectivity index (χ4n) is 2.84. The number of nitrogens with zero attached hydrogens (tertiary/aromatic N) is 4. The topological polar surface area (TPSA) is 73.4 Å². The first kappa shape index (κ1) is 14.8. The van der Waals surface area contributed by atoms with Crippen molar-refractivity contribution < 1.29 is 9.66 Å². The van der Waals surface area contributed by atoms with Crippen LogP contribution in [0.4, 0.5) is 11.5 Å². The maximum Gasteiger partial charge on any atom is 0.334 e. The van der Waals surface area contributed by atoms with Gasteiger partial charge in [-0.15, -0.1) is 0 Å². The third kappa shape index (κ3) is 2.77. The predicted molar refractivity (Wildman–Crippen MR) is 76.1 cm³/mol. The fraction of sp³-hybridized carbons (Fsp3) is 0.769. The van der Waals surface area contributed by atoms with Crippen molar-refractivity contribution in [2.75, 3.05) is 24.6 Å². The van der Waals surface area contributed by atoms with Crippen molar-refractivity contribution in [2.24, 2.45) is 7.05 Å². The van der Waals surface area contributed by atoms with Gasteiger partial charge in [0, 0.05) is 26.7 Å². The highest BCUT2D eigenvalue weighted by Crippen LogP contribution is 2.33. The average Bonchev–Trinajstić information content (AvgIpc) is 2.76. The van der Waals surface area contributed by atoms with Crippen LogP contribution in [0.5, 0.6) is 0 Å². The molecule has 1 aromatic heterocycles. The van der Waals surface area contributed by atoms with E-state index in [0.29, 0.717) is 31.1 Å². The Bertz CT molecular complexity index is 484. The van der Waals surface area contributed by atoms with Gasteiger partial charge >= 0.3 is 5.69 Å². The Morgan fingerprint density at radius 2 is 2.25 bits per heavy atom. The number of ether oxygens (including phenoxy) is 1. The van der Waals surface area contributed by atoms with Gasteiger partial charge in [0.25, 0.3) is 0 Å². The summed E-state index contributed by atoms with van der Waals surface area (Å²) in [5.74, 6) is 0.608. The molecule has 112 valence electrons. The maximum absolute atomic E-state index is 11.4. The summed E-state index contributed by atoms with van der Waals surface area (Å²) in [6.45, 7) is 6.04. The average molecular weight is 282 g/mol. The summed E-state index contributed by atoms with van der Waals surface area (Å²) in [5, 5.41) is 15.6. The van der Waals surface area contributed by atoms with Crippen LogP contribution in [0.3, 0.4) is 0 Å². The lowest BCUT2D eigenvalue weighted by atomic mass is 10.1. The van der Waals surface area contributed by atoms with E-state index in [1.807, 2.05) is 18.7 Å². The van der Waals surface area contributed by atoms with Crippen molar-refractivity contribution >= 4 is 11.5 Å². The lowest BCUT2D eigenvalue weighted by Gasteiger charge is -2.33. The molecule has 0 radical (unpaired) electrons. The van der Waals surface area contributed by atoms with Crippen LogP contribution < -0.4 is 4.90 Å². The summed E-state index contributed by atoms with van der Waals surface area (Å²) in [6, 6.07) is 0. The van der Waals surface area contributed by atoms with Crippen LogP contribution in [0.2, 0.25) is 0 Å². The van der Waals surface area contributed by atoms with Crippen molar-refractivity contribution in [3.05, 3.63) is 15.8 Å². The largest absolute Gasteiger partial charge is 0.377 e. The second-order valence-corrected chi connectivity index (χ2v) is 5.02. The Morgan fingerprint density at radius 3 is 2.85 bits per heavy atom. The van der Waals surface area contributed by atoms with E-state index < -0.39 is 0 Å². The molecule has 1 aliphatic rings. The molecule has 7 heteroatoms. The van der Waals surface area contributed by atoms with Crippen molar-refractivity contribution in [3.8, 4) is 0 Å². The summed E-state index contributed by atoms with van der Waals surface area (Å²) in [4.78, 5) is 13.1. The van der Waals surface area contributed by atoms with Gasteiger partial charge in [0.1, 0.15) is 5.69 Å². The Labute approximate surface area is 118 Å². The molecule has 0 spiro atoms. The number of aryl methyl sites for hydroxylation is 2. The molecule has 0 saturated carbocycles. The van der Waals surface area contributed by atoms with E-state index >= 15 is 0 Å². The second kappa shape index (κ2) is 6.21. The quantitative estimate of drug-likeness (QED) is 0.609. The Morgan fingerprint density at radius 1 is 1.50 bits per heavy atom. The molecule has 0 N–H and O–H groups in total. The summed E-state index contributed by atoms with van der Waals surface area (Å²) < 4.78 is 7.30. The van der Waals surface area contributed by atoms with Crippen LogP contribution in [0.25, 0.3) is 0 Å². The second-order valence-electron chi connectivity index (χ2n) is 5.02. The number of rotatable bonds is 5. The zero-order chi connectivity index (χ0) is 14.7. The first-order chi connectivity index (χ1) is 9.58. The van der Waals surface area contributed by atoms with Crippen LogP contribution in [0.1, 0.15) is 32.4 Å². The van der Waals surface area contributed by atoms with E-state index in [-0.39, 0.29) is 16.7 Å². The highest BCUT2D eigenvalue weighted by atomic mass is 16.6. The Kier molecular flexibility index (Phi) is 4.59. The fourth-order valence-corrected chi connectivity index (χ4v) is 2.84. The molecular formula is C13H22N4O3. The van der Waals surface area contributed by atoms with Crippen molar-refractivity contribution in [1.82, 2.24) is 9.78 Å². The summed E-state index contributed by atoms with van der Waals surface area (Å²) in [6.07, 6.45) is 2.70. The minimum atomic E-state index is -0.314. The third-order valence-corrected chi connectivity index (χ3v) is 3.66. The van der Waals surface area contributed by atoms with Gasteiger partial charge in [0.05, 0.1) is 11.0 Å². The molecule has 2 rings (SSSR count). The van der Waals surface area contributed by atoms with Crippen LogP contribution in [0, 0.1) is 10.1 Å². The van der Waals surface area contributed by atoms with Gasteiger partial charge in [-0.2, -0.15) is 5.10 Å². The summed E-state index contributed by atoms with van der Waals surface area (Å²) in [7, 11) is 1.77. The molecule has 1 atom stereocenters. The number of hydrogen-bond acceptors (Lipinski definition) is 5. The molecule has 0 bridgehead atoms. The zero-order valence-electron chi connectivity index (χ0n) is 12.3. The molecule has 0 amide bonds. The van der Waals surface area contributed by atoms with Gasteiger partial charge in [0.15, 0.2) is 0 Å². The van der Waals surface area contributed by atoms with Gasteiger partial charge < -0.3 is 9.64 Å². The van der Waals surface area contributed by atoms with Gasteiger partial charge in [-0.1, -0.05) is 6.92 Å². The monoisotopic (exact) mass is 282 g/mol. The van der Waals surface area contributed by atoms with Gasteiger partial charge in [-0.3, -0.25) is 10.1 Å². The van der Waals surface area contributed by atoms with Crippen LogP contribution >= 0.6 is 0 Å². The van der Waals surface area contributed by atoms with Gasteiger partial charge in [-0.05, 0) is 26.2 Å². The maximum atomic E-state index is 11.4. The molecule has 1 aromatic rings. The molecule has 1 fully saturated rings. The minimum absolute atomic E-state index is 0.146. The molecule has 7 nitrogen and oxygen atoms in total. The molecule has 0 aliphatic carbocycles. The van der Waals surface area contributed by atoms with E-state index in [9.17, 15) is 10.1 Å². The van der Waals surface area contributed by atoms with E-state index in [1.54, 1.807) is 11.7 Å². The molecule has 1 aliphatic heterocycles.